The molecule has 5 heteroatoms. The Morgan fingerprint density at radius 3 is 2.16 bits per heavy atom. The second kappa shape index (κ2) is 5.65. The Bertz CT molecular complexity index is 591. The Morgan fingerprint density at radius 2 is 1.63 bits per heavy atom. The van der Waals surface area contributed by atoms with Gasteiger partial charge in [0.05, 0.1) is 0 Å². The SMILES string of the molecule is Cc1ccc(Oc2c(F)cc(CBr)cc2F)cc1F. The molecule has 2 aromatic carbocycles. The third-order valence-electron chi connectivity index (χ3n) is 2.58. The van der Waals surface area contributed by atoms with Gasteiger partial charge in [-0.1, -0.05) is 22.0 Å². The van der Waals surface area contributed by atoms with E-state index in [9.17, 15) is 13.2 Å². The third-order valence-corrected chi connectivity index (χ3v) is 3.22. The molecule has 0 aromatic heterocycles. The van der Waals surface area contributed by atoms with Gasteiger partial charge in [-0.3, -0.25) is 0 Å². The lowest BCUT2D eigenvalue weighted by atomic mass is 10.2. The molecule has 0 spiro atoms. The highest BCUT2D eigenvalue weighted by Crippen LogP contribution is 2.30. The van der Waals surface area contributed by atoms with Crippen LogP contribution in [-0.2, 0) is 5.33 Å². The first-order chi connectivity index (χ1) is 9.01. The normalized spacial score (nSPS) is 10.6. The maximum Gasteiger partial charge on any atom is 0.198 e. The number of halogens is 4. The maximum absolute atomic E-state index is 13.7. The van der Waals surface area contributed by atoms with Gasteiger partial charge in [0.1, 0.15) is 11.6 Å². The summed E-state index contributed by atoms with van der Waals surface area (Å²) in [4.78, 5) is 0. The molecular weight excluding hydrogens is 321 g/mol. The Labute approximate surface area is 117 Å². The number of alkyl halides is 1. The van der Waals surface area contributed by atoms with Crippen molar-refractivity contribution in [2.45, 2.75) is 12.3 Å². The monoisotopic (exact) mass is 330 g/mol. The number of ether oxygens (including phenoxy) is 1. The summed E-state index contributed by atoms with van der Waals surface area (Å²) >= 11 is 3.11. The summed E-state index contributed by atoms with van der Waals surface area (Å²) in [5.74, 6) is -2.62. The van der Waals surface area contributed by atoms with Crippen LogP contribution in [0.2, 0.25) is 0 Å². The molecule has 0 aliphatic heterocycles. The van der Waals surface area contributed by atoms with Gasteiger partial charge in [-0.2, -0.15) is 0 Å². The number of hydrogen-bond donors (Lipinski definition) is 0. The Morgan fingerprint density at radius 1 is 1.00 bits per heavy atom. The van der Waals surface area contributed by atoms with Crippen molar-refractivity contribution in [3.63, 3.8) is 0 Å². The maximum atomic E-state index is 13.7. The number of hydrogen-bond acceptors (Lipinski definition) is 1. The summed E-state index contributed by atoms with van der Waals surface area (Å²) in [6.45, 7) is 1.59. The van der Waals surface area contributed by atoms with Crippen molar-refractivity contribution in [3.05, 3.63) is 58.9 Å². The van der Waals surface area contributed by atoms with Crippen LogP contribution >= 0.6 is 15.9 Å². The first-order valence-electron chi connectivity index (χ1n) is 5.49. The van der Waals surface area contributed by atoms with E-state index in [1.807, 2.05) is 0 Å². The quantitative estimate of drug-likeness (QED) is 0.711. The molecular formula is C14H10BrF3O. The molecule has 0 radical (unpaired) electrons. The minimum atomic E-state index is -0.824. The highest BCUT2D eigenvalue weighted by atomic mass is 79.9. The molecule has 0 saturated carbocycles. The minimum absolute atomic E-state index is 0.0486. The molecule has 0 fully saturated rings. The van der Waals surface area contributed by atoms with Crippen molar-refractivity contribution in [3.8, 4) is 11.5 Å². The van der Waals surface area contributed by atoms with E-state index in [1.165, 1.54) is 12.1 Å². The summed E-state index contributed by atoms with van der Waals surface area (Å²) in [7, 11) is 0. The molecule has 0 heterocycles. The second-order valence-electron chi connectivity index (χ2n) is 4.04. The fourth-order valence-corrected chi connectivity index (χ4v) is 1.87. The van der Waals surface area contributed by atoms with E-state index in [0.717, 1.165) is 18.2 Å². The van der Waals surface area contributed by atoms with Crippen molar-refractivity contribution in [2.75, 3.05) is 0 Å². The summed E-state index contributed by atoms with van der Waals surface area (Å²) in [6, 6.07) is 6.35. The van der Waals surface area contributed by atoms with Gasteiger partial charge in [-0.25, -0.2) is 13.2 Å². The third kappa shape index (κ3) is 3.10. The molecule has 0 aliphatic rings. The van der Waals surface area contributed by atoms with E-state index in [4.69, 9.17) is 4.74 Å². The van der Waals surface area contributed by atoms with Gasteiger partial charge >= 0.3 is 0 Å². The molecule has 1 nitrogen and oxygen atoms in total. The Balaban J connectivity index is 2.35. The largest absolute Gasteiger partial charge is 0.451 e. The molecule has 0 N–H and O–H groups in total. The summed E-state index contributed by atoms with van der Waals surface area (Å²) < 4.78 is 45.8. The van der Waals surface area contributed by atoms with E-state index < -0.39 is 23.2 Å². The molecule has 0 bridgehead atoms. The van der Waals surface area contributed by atoms with Crippen molar-refractivity contribution in [1.29, 1.82) is 0 Å². The summed E-state index contributed by atoms with van der Waals surface area (Å²) in [6.07, 6.45) is 0. The van der Waals surface area contributed by atoms with E-state index in [-0.39, 0.29) is 5.75 Å². The fraction of sp³-hybridized carbons (Fsp3) is 0.143. The van der Waals surface area contributed by atoms with E-state index in [1.54, 1.807) is 6.92 Å². The van der Waals surface area contributed by atoms with Crippen LogP contribution in [0.25, 0.3) is 0 Å². The summed E-state index contributed by atoms with van der Waals surface area (Å²) in [5.41, 5.74) is 0.889. The highest BCUT2D eigenvalue weighted by Gasteiger charge is 2.14. The number of rotatable bonds is 3. The Kier molecular flexibility index (Phi) is 4.14. The van der Waals surface area contributed by atoms with Gasteiger partial charge in [-0.05, 0) is 36.2 Å². The second-order valence-corrected chi connectivity index (χ2v) is 4.60. The zero-order valence-corrected chi connectivity index (χ0v) is 11.6. The average molecular weight is 331 g/mol. The highest BCUT2D eigenvalue weighted by molar-refractivity contribution is 9.08. The van der Waals surface area contributed by atoms with Gasteiger partial charge in [-0.15, -0.1) is 0 Å². The van der Waals surface area contributed by atoms with Crippen LogP contribution in [0.5, 0.6) is 11.5 Å². The van der Waals surface area contributed by atoms with Crippen LogP contribution in [0.1, 0.15) is 11.1 Å². The first-order valence-corrected chi connectivity index (χ1v) is 6.61. The predicted octanol–water partition coefficient (Wildman–Crippen LogP) is 5.10. The standard InChI is InChI=1S/C14H10BrF3O/c1-8-2-3-10(6-11(8)16)19-14-12(17)4-9(7-15)5-13(14)18/h2-6H,7H2,1H3. The van der Waals surface area contributed by atoms with Crippen LogP contribution in [0.4, 0.5) is 13.2 Å². The first kappa shape index (κ1) is 13.9. The molecule has 2 rings (SSSR count). The van der Waals surface area contributed by atoms with Crippen molar-refractivity contribution >= 4 is 15.9 Å². The molecule has 19 heavy (non-hydrogen) atoms. The zero-order chi connectivity index (χ0) is 14.0. The van der Waals surface area contributed by atoms with E-state index in [2.05, 4.69) is 15.9 Å². The van der Waals surface area contributed by atoms with E-state index >= 15 is 0 Å². The van der Waals surface area contributed by atoms with Crippen LogP contribution in [0, 0.1) is 24.4 Å². The average Bonchev–Trinajstić information content (AvgIpc) is 2.37. The molecule has 2 aromatic rings. The molecule has 0 aliphatic carbocycles. The molecule has 0 amide bonds. The number of aryl methyl sites for hydroxylation is 1. The van der Waals surface area contributed by atoms with Crippen molar-refractivity contribution in [2.24, 2.45) is 0 Å². The van der Waals surface area contributed by atoms with Gasteiger partial charge in [0.15, 0.2) is 17.4 Å². The fourth-order valence-electron chi connectivity index (χ4n) is 1.54. The van der Waals surface area contributed by atoms with Crippen molar-refractivity contribution < 1.29 is 17.9 Å². The lowest BCUT2D eigenvalue weighted by Crippen LogP contribution is -1.95. The van der Waals surface area contributed by atoms with Gasteiger partial charge in [0.2, 0.25) is 0 Å². The van der Waals surface area contributed by atoms with E-state index in [0.29, 0.717) is 16.5 Å². The van der Waals surface area contributed by atoms with Gasteiger partial charge in [0, 0.05) is 11.4 Å². The lowest BCUT2D eigenvalue weighted by Gasteiger charge is -2.09. The van der Waals surface area contributed by atoms with Crippen LogP contribution in [0.3, 0.4) is 0 Å². The lowest BCUT2D eigenvalue weighted by molar-refractivity contribution is 0.404. The molecule has 0 atom stereocenters. The van der Waals surface area contributed by atoms with Gasteiger partial charge < -0.3 is 4.74 Å². The van der Waals surface area contributed by atoms with Crippen molar-refractivity contribution in [1.82, 2.24) is 0 Å². The van der Waals surface area contributed by atoms with Crippen LogP contribution < -0.4 is 4.74 Å². The minimum Gasteiger partial charge on any atom is -0.451 e. The molecule has 0 unspecified atom stereocenters. The number of benzene rings is 2. The molecule has 100 valence electrons. The zero-order valence-electron chi connectivity index (χ0n) is 10.0. The van der Waals surface area contributed by atoms with Crippen LogP contribution in [-0.4, -0.2) is 0 Å². The van der Waals surface area contributed by atoms with Crippen LogP contribution in [0.15, 0.2) is 30.3 Å². The van der Waals surface area contributed by atoms with Gasteiger partial charge in [0.25, 0.3) is 0 Å². The molecule has 0 saturated heterocycles. The smallest absolute Gasteiger partial charge is 0.198 e. The summed E-state index contributed by atoms with van der Waals surface area (Å²) in [5, 5.41) is 0.334. The topological polar surface area (TPSA) is 9.23 Å². The Hall–Kier alpha value is -1.49. The predicted molar refractivity (Wildman–Crippen MR) is 70.2 cm³/mol.